The van der Waals surface area contributed by atoms with Crippen LogP contribution in [0.4, 0.5) is 5.69 Å². The number of nitrogens with two attached hydrogens (primary N) is 1. The maximum Gasteiger partial charge on any atom is 0.241 e. The molecule has 1 amide bonds. The molecule has 0 unspecified atom stereocenters. The van der Waals surface area contributed by atoms with Crippen LogP contribution in [0.3, 0.4) is 0 Å². The van der Waals surface area contributed by atoms with Gasteiger partial charge < -0.3 is 11.1 Å². The van der Waals surface area contributed by atoms with E-state index >= 15 is 0 Å². The minimum atomic E-state index is -0.596. The van der Waals surface area contributed by atoms with Gasteiger partial charge in [-0.3, -0.25) is 14.6 Å². The van der Waals surface area contributed by atoms with Crippen molar-refractivity contribution in [2.75, 3.05) is 5.32 Å². The topological polar surface area (TPSA) is 85.1 Å². The molecule has 6 heteroatoms. The summed E-state index contributed by atoms with van der Waals surface area (Å²) in [7, 11) is 0. The number of rotatable bonds is 6. The number of hydrogen-bond donors (Lipinski definition) is 2. The van der Waals surface area contributed by atoms with E-state index in [0.717, 1.165) is 10.9 Å². The minimum absolute atomic E-state index is 0.258. The molecule has 0 spiro atoms. The van der Waals surface area contributed by atoms with Crippen molar-refractivity contribution in [2.45, 2.75) is 25.8 Å². The van der Waals surface area contributed by atoms with Crippen LogP contribution in [0, 0.1) is 0 Å². The summed E-state index contributed by atoms with van der Waals surface area (Å²) in [6, 6.07) is 9.63. The zero-order chi connectivity index (χ0) is 16.8. The lowest BCUT2D eigenvalue weighted by molar-refractivity contribution is -0.117. The minimum Gasteiger partial charge on any atom is -0.324 e. The molecule has 5 nitrogen and oxygen atoms in total. The van der Waals surface area contributed by atoms with Crippen LogP contribution in [-0.2, 0) is 4.79 Å². The molecule has 0 aliphatic rings. The van der Waals surface area contributed by atoms with Crippen molar-refractivity contribution < 1.29 is 9.59 Å². The number of pyridine rings is 1. The summed E-state index contributed by atoms with van der Waals surface area (Å²) in [5.74, 6) is -0.560. The van der Waals surface area contributed by atoms with Gasteiger partial charge in [0.15, 0.2) is 0 Å². The number of hydrogen-bond acceptors (Lipinski definition) is 4. The van der Waals surface area contributed by atoms with Crippen molar-refractivity contribution in [1.29, 1.82) is 0 Å². The lowest BCUT2D eigenvalue weighted by atomic mass is 10.0. The average Bonchev–Trinajstić information content (AvgIpc) is 2.56. The highest BCUT2D eigenvalue weighted by Crippen LogP contribution is 2.23. The zero-order valence-electron chi connectivity index (χ0n) is 12.8. The Balaban J connectivity index is 2.31. The molecule has 2 rings (SSSR count). The number of nitrogens with one attached hydrogen (secondary N) is 1. The molecule has 0 aliphatic heterocycles. The molecule has 0 fully saturated rings. The Morgan fingerprint density at radius 2 is 2.09 bits per heavy atom. The summed E-state index contributed by atoms with van der Waals surface area (Å²) in [4.78, 5) is 28.8. The highest BCUT2D eigenvalue weighted by Gasteiger charge is 2.19. The number of anilines is 1. The van der Waals surface area contributed by atoms with Crippen LogP contribution in [0.15, 0.2) is 47.1 Å². The number of carbonyl (C=O) groups excluding carboxylic acids is 2. The first kappa shape index (κ1) is 17.3. The van der Waals surface area contributed by atoms with Gasteiger partial charge in [-0.05, 0) is 36.8 Å². The van der Waals surface area contributed by atoms with Gasteiger partial charge in [0, 0.05) is 16.2 Å². The van der Waals surface area contributed by atoms with Crippen LogP contribution in [0.5, 0.6) is 0 Å². The molecule has 1 aromatic carbocycles. The fraction of sp³-hybridized carbons (Fsp3) is 0.235. The number of amides is 1. The van der Waals surface area contributed by atoms with E-state index in [1.54, 1.807) is 42.6 Å². The van der Waals surface area contributed by atoms with Crippen molar-refractivity contribution in [3.05, 3.63) is 58.3 Å². The van der Waals surface area contributed by atoms with Gasteiger partial charge in [0.25, 0.3) is 0 Å². The van der Waals surface area contributed by atoms with E-state index in [-0.39, 0.29) is 11.7 Å². The number of aromatic nitrogens is 1. The molecule has 23 heavy (non-hydrogen) atoms. The summed E-state index contributed by atoms with van der Waals surface area (Å²) < 4.78 is 0.743. The van der Waals surface area contributed by atoms with Crippen molar-refractivity contribution in [3.8, 4) is 0 Å². The Morgan fingerprint density at radius 3 is 2.74 bits per heavy atom. The number of carbonyl (C=O) groups is 2. The monoisotopic (exact) mass is 375 g/mol. The third-order valence-corrected chi connectivity index (χ3v) is 3.81. The van der Waals surface area contributed by atoms with Crippen molar-refractivity contribution in [2.24, 2.45) is 5.73 Å². The maximum atomic E-state index is 12.6. The Labute approximate surface area is 143 Å². The van der Waals surface area contributed by atoms with E-state index in [4.69, 9.17) is 5.73 Å². The van der Waals surface area contributed by atoms with Gasteiger partial charge in [-0.15, -0.1) is 0 Å². The summed E-state index contributed by atoms with van der Waals surface area (Å²) in [5, 5.41) is 2.74. The van der Waals surface area contributed by atoms with E-state index in [1.165, 1.54) is 0 Å². The third kappa shape index (κ3) is 4.46. The van der Waals surface area contributed by atoms with Gasteiger partial charge in [0.05, 0.1) is 11.7 Å². The molecule has 0 bridgehead atoms. The van der Waals surface area contributed by atoms with Crippen LogP contribution >= 0.6 is 15.9 Å². The zero-order valence-corrected chi connectivity index (χ0v) is 14.3. The molecule has 120 valence electrons. The molecule has 1 aromatic heterocycles. The van der Waals surface area contributed by atoms with E-state index < -0.39 is 6.04 Å². The summed E-state index contributed by atoms with van der Waals surface area (Å²) in [5.41, 5.74) is 6.94. The van der Waals surface area contributed by atoms with Crippen LogP contribution in [0.2, 0.25) is 0 Å². The lowest BCUT2D eigenvalue weighted by Gasteiger charge is -2.14. The molecule has 0 aliphatic carbocycles. The van der Waals surface area contributed by atoms with E-state index in [1.807, 2.05) is 6.92 Å². The largest absolute Gasteiger partial charge is 0.324 e. The van der Waals surface area contributed by atoms with E-state index in [0.29, 0.717) is 23.4 Å². The Morgan fingerprint density at radius 1 is 1.30 bits per heavy atom. The van der Waals surface area contributed by atoms with Gasteiger partial charge in [0.2, 0.25) is 11.7 Å². The Bertz CT molecular complexity index is 704. The van der Waals surface area contributed by atoms with Crippen molar-refractivity contribution in [3.63, 3.8) is 0 Å². The summed E-state index contributed by atoms with van der Waals surface area (Å²) in [6.07, 6.45) is 2.96. The van der Waals surface area contributed by atoms with Gasteiger partial charge in [-0.2, -0.15) is 0 Å². The highest BCUT2D eigenvalue weighted by atomic mass is 79.9. The molecule has 0 saturated carbocycles. The van der Waals surface area contributed by atoms with E-state index in [2.05, 4.69) is 26.2 Å². The molecular formula is C17H18BrN3O2. The fourth-order valence-corrected chi connectivity index (χ4v) is 2.48. The van der Waals surface area contributed by atoms with Gasteiger partial charge >= 0.3 is 0 Å². The van der Waals surface area contributed by atoms with Crippen LogP contribution in [0.1, 0.15) is 35.8 Å². The van der Waals surface area contributed by atoms with Gasteiger partial charge in [0.1, 0.15) is 5.69 Å². The summed E-state index contributed by atoms with van der Waals surface area (Å²) >= 11 is 3.35. The highest BCUT2D eigenvalue weighted by molar-refractivity contribution is 9.10. The smallest absolute Gasteiger partial charge is 0.241 e. The predicted molar refractivity (Wildman–Crippen MR) is 93.3 cm³/mol. The molecule has 1 heterocycles. The van der Waals surface area contributed by atoms with Crippen LogP contribution in [-0.4, -0.2) is 22.7 Å². The number of ketones is 1. The van der Waals surface area contributed by atoms with Gasteiger partial charge in [-0.25, -0.2) is 0 Å². The van der Waals surface area contributed by atoms with Gasteiger partial charge in [-0.1, -0.05) is 35.3 Å². The van der Waals surface area contributed by atoms with Crippen molar-refractivity contribution in [1.82, 2.24) is 4.98 Å². The second-order valence-corrected chi connectivity index (χ2v) is 6.03. The van der Waals surface area contributed by atoms with Crippen molar-refractivity contribution >= 4 is 33.3 Å². The fourth-order valence-electron chi connectivity index (χ4n) is 2.12. The third-order valence-electron chi connectivity index (χ3n) is 3.32. The SMILES string of the molecule is CCC[C@H](N)C(=O)Nc1ccc(Br)cc1C(=O)c1ccccn1. The molecule has 0 radical (unpaired) electrons. The maximum absolute atomic E-state index is 12.6. The standard InChI is InChI=1S/C17H18BrN3O2/c1-2-5-13(19)17(23)21-14-8-7-11(18)10-12(14)16(22)15-6-3-4-9-20-15/h3-4,6-10,13H,2,5,19H2,1H3,(H,21,23)/t13-/m0/s1. The number of halogens is 1. The first-order valence-electron chi connectivity index (χ1n) is 7.34. The molecule has 0 saturated heterocycles. The molecular weight excluding hydrogens is 358 g/mol. The van der Waals surface area contributed by atoms with Crippen LogP contribution in [0.25, 0.3) is 0 Å². The lowest BCUT2D eigenvalue weighted by Crippen LogP contribution is -2.35. The number of nitrogens with zero attached hydrogens (tertiary/aromatic N) is 1. The predicted octanol–water partition coefficient (Wildman–Crippen LogP) is 3.14. The second-order valence-electron chi connectivity index (χ2n) is 5.12. The van der Waals surface area contributed by atoms with Crippen LogP contribution < -0.4 is 11.1 Å². The molecule has 1 atom stereocenters. The van der Waals surface area contributed by atoms with E-state index in [9.17, 15) is 9.59 Å². The quantitative estimate of drug-likeness (QED) is 0.759. The first-order chi connectivity index (χ1) is 11.0. The number of benzene rings is 1. The Hall–Kier alpha value is -2.05. The first-order valence-corrected chi connectivity index (χ1v) is 8.14. The average molecular weight is 376 g/mol. The normalized spacial score (nSPS) is 11.8. The second kappa shape index (κ2) is 7.99. The molecule has 3 N–H and O–H groups in total. The Kier molecular flexibility index (Phi) is 6.01. The molecule has 2 aromatic rings. The summed E-state index contributed by atoms with van der Waals surface area (Å²) in [6.45, 7) is 1.96.